The molecule has 0 aliphatic heterocycles. The van der Waals surface area contributed by atoms with Crippen LogP contribution in [0.5, 0.6) is 0 Å². The summed E-state index contributed by atoms with van der Waals surface area (Å²) in [6.07, 6.45) is 0.302. The van der Waals surface area contributed by atoms with Gasteiger partial charge in [-0.05, 0) is 42.0 Å². The van der Waals surface area contributed by atoms with E-state index in [9.17, 15) is 18.8 Å². The number of carboxylic acids is 1. The summed E-state index contributed by atoms with van der Waals surface area (Å²) in [6, 6.07) is 4.79. The molecule has 0 aliphatic carbocycles. The summed E-state index contributed by atoms with van der Waals surface area (Å²) in [5.74, 6) is -2.43. The first-order chi connectivity index (χ1) is 11.8. The zero-order valence-corrected chi connectivity index (χ0v) is 14.7. The van der Waals surface area contributed by atoms with Gasteiger partial charge in [-0.1, -0.05) is 13.8 Å². The second kappa shape index (κ2) is 8.06. The molecule has 1 heterocycles. The van der Waals surface area contributed by atoms with Crippen molar-refractivity contribution in [3.8, 4) is 0 Å². The number of hydrogen-bond donors (Lipinski definition) is 3. The van der Waals surface area contributed by atoms with Crippen LogP contribution >= 0.6 is 11.3 Å². The first-order valence-electron chi connectivity index (χ1n) is 7.75. The number of amides is 2. The second-order valence-electron chi connectivity index (χ2n) is 6.06. The van der Waals surface area contributed by atoms with Gasteiger partial charge in [0.15, 0.2) is 0 Å². The predicted molar refractivity (Wildman–Crippen MR) is 93.1 cm³/mol. The lowest BCUT2D eigenvalue weighted by Gasteiger charge is -2.16. The number of carbonyl (C=O) groups is 3. The van der Waals surface area contributed by atoms with Gasteiger partial charge < -0.3 is 15.7 Å². The molecule has 0 aliphatic rings. The lowest BCUT2D eigenvalue weighted by molar-refractivity contribution is -0.142. The number of carboxylic acid groups (broad SMARTS) is 1. The van der Waals surface area contributed by atoms with E-state index < -0.39 is 23.8 Å². The number of hydrogen-bond acceptors (Lipinski definition) is 4. The van der Waals surface area contributed by atoms with Gasteiger partial charge in [0.2, 0.25) is 5.91 Å². The highest BCUT2D eigenvalue weighted by Gasteiger charge is 2.21. The Labute approximate surface area is 148 Å². The molecule has 0 unspecified atom stereocenters. The third-order valence-corrected chi connectivity index (χ3v) is 4.57. The van der Waals surface area contributed by atoms with Gasteiger partial charge in [0.1, 0.15) is 11.9 Å². The van der Waals surface area contributed by atoms with Gasteiger partial charge in [-0.2, -0.15) is 0 Å². The molecular weight excluding hydrogens is 347 g/mol. The third-order valence-electron chi connectivity index (χ3n) is 3.45. The van der Waals surface area contributed by atoms with Gasteiger partial charge in [-0.3, -0.25) is 9.59 Å². The van der Waals surface area contributed by atoms with Gasteiger partial charge in [0.25, 0.3) is 5.91 Å². The Kier molecular flexibility index (Phi) is 6.08. The average Bonchev–Trinajstić information content (AvgIpc) is 2.94. The lowest BCUT2D eigenvalue weighted by Crippen LogP contribution is -2.46. The smallest absolute Gasteiger partial charge is 0.326 e. The lowest BCUT2D eigenvalue weighted by atomic mass is 10.0. The van der Waals surface area contributed by atoms with Gasteiger partial charge in [-0.25, -0.2) is 9.18 Å². The number of benzene rings is 1. The molecule has 0 radical (unpaired) electrons. The van der Waals surface area contributed by atoms with E-state index in [0.717, 1.165) is 4.70 Å². The molecule has 134 valence electrons. The van der Waals surface area contributed by atoms with Crippen molar-refractivity contribution in [1.82, 2.24) is 10.6 Å². The second-order valence-corrected chi connectivity index (χ2v) is 7.15. The molecule has 0 spiro atoms. The van der Waals surface area contributed by atoms with Gasteiger partial charge in [0, 0.05) is 4.70 Å². The van der Waals surface area contributed by atoms with Crippen molar-refractivity contribution < 1.29 is 23.9 Å². The molecule has 0 saturated heterocycles. The number of thiophene rings is 1. The first kappa shape index (κ1) is 18.9. The molecule has 0 fully saturated rings. The Morgan fingerprint density at radius 2 is 1.96 bits per heavy atom. The highest BCUT2D eigenvalue weighted by molar-refractivity contribution is 7.20. The highest BCUT2D eigenvalue weighted by Crippen LogP contribution is 2.26. The Hall–Kier alpha value is -2.48. The number of aliphatic carboxylic acids is 1. The van der Waals surface area contributed by atoms with Crippen LogP contribution in [0.15, 0.2) is 24.3 Å². The normalized spacial score (nSPS) is 12.2. The molecule has 1 aromatic carbocycles. The summed E-state index contributed by atoms with van der Waals surface area (Å²) in [5.41, 5.74) is 0. The van der Waals surface area contributed by atoms with Crippen molar-refractivity contribution in [2.75, 3.05) is 6.54 Å². The van der Waals surface area contributed by atoms with Crippen molar-refractivity contribution >= 4 is 39.2 Å². The first-order valence-corrected chi connectivity index (χ1v) is 8.57. The SMILES string of the molecule is CC(C)C[C@H](NC(=O)CNC(=O)c1cc2cc(F)ccc2s1)C(=O)O. The monoisotopic (exact) mass is 366 g/mol. The molecule has 1 atom stereocenters. The van der Waals surface area contributed by atoms with Crippen molar-refractivity contribution in [2.24, 2.45) is 5.92 Å². The molecule has 3 N–H and O–H groups in total. The molecule has 0 bridgehead atoms. The molecule has 6 nitrogen and oxygen atoms in total. The van der Waals surface area contributed by atoms with E-state index in [1.54, 1.807) is 12.1 Å². The molecule has 2 amide bonds. The predicted octanol–water partition coefficient (Wildman–Crippen LogP) is 2.39. The summed E-state index contributed by atoms with van der Waals surface area (Å²) >= 11 is 1.19. The summed E-state index contributed by atoms with van der Waals surface area (Å²) < 4.78 is 13.9. The van der Waals surface area contributed by atoms with Crippen molar-refractivity contribution in [3.05, 3.63) is 35.0 Å². The molecule has 0 saturated carbocycles. The van der Waals surface area contributed by atoms with Gasteiger partial charge >= 0.3 is 5.97 Å². The van der Waals surface area contributed by atoms with Crippen molar-refractivity contribution in [1.29, 1.82) is 0 Å². The van der Waals surface area contributed by atoms with Crippen LogP contribution in [0.1, 0.15) is 29.9 Å². The fourth-order valence-electron chi connectivity index (χ4n) is 2.31. The van der Waals surface area contributed by atoms with Crippen LogP contribution in [0.3, 0.4) is 0 Å². The molecule has 2 rings (SSSR count). The fourth-order valence-corrected chi connectivity index (χ4v) is 3.27. The van der Waals surface area contributed by atoms with Gasteiger partial charge in [-0.15, -0.1) is 11.3 Å². The highest BCUT2D eigenvalue weighted by atomic mass is 32.1. The van der Waals surface area contributed by atoms with Crippen LogP contribution in [0, 0.1) is 11.7 Å². The third kappa shape index (κ3) is 5.25. The summed E-state index contributed by atoms with van der Waals surface area (Å²) in [6.45, 7) is 3.38. The van der Waals surface area contributed by atoms with E-state index in [1.807, 2.05) is 13.8 Å². The minimum Gasteiger partial charge on any atom is -0.480 e. The van der Waals surface area contributed by atoms with Crippen LogP contribution in [-0.2, 0) is 9.59 Å². The minimum atomic E-state index is -1.11. The van der Waals surface area contributed by atoms with Crippen molar-refractivity contribution in [3.63, 3.8) is 0 Å². The van der Waals surface area contributed by atoms with E-state index in [0.29, 0.717) is 16.7 Å². The Balaban J connectivity index is 1.93. The summed E-state index contributed by atoms with van der Waals surface area (Å²) in [7, 11) is 0. The standard InChI is InChI=1S/C17H19FN2O4S/c1-9(2)5-12(17(23)24)20-15(21)8-19-16(22)14-7-10-6-11(18)3-4-13(10)25-14/h3-4,6-7,9,12H,5,8H2,1-2H3,(H,19,22)(H,20,21)(H,23,24)/t12-/m0/s1. The quantitative estimate of drug-likeness (QED) is 0.701. The maximum atomic E-state index is 13.2. The summed E-state index contributed by atoms with van der Waals surface area (Å²) in [4.78, 5) is 35.4. The van der Waals surface area contributed by atoms with Crippen LogP contribution in [-0.4, -0.2) is 35.5 Å². The van der Waals surface area contributed by atoms with Gasteiger partial charge in [0.05, 0.1) is 11.4 Å². The van der Waals surface area contributed by atoms with Crippen LogP contribution < -0.4 is 10.6 Å². The topological polar surface area (TPSA) is 95.5 Å². The average molecular weight is 366 g/mol. The number of carbonyl (C=O) groups excluding carboxylic acids is 2. The maximum absolute atomic E-state index is 13.2. The molecule has 2 aromatic rings. The Morgan fingerprint density at radius 1 is 1.24 bits per heavy atom. The number of rotatable bonds is 7. The molecular formula is C17H19FN2O4S. The van der Waals surface area contributed by atoms with Crippen LogP contribution in [0.2, 0.25) is 0 Å². The summed E-state index contributed by atoms with van der Waals surface area (Å²) in [5, 5.41) is 14.5. The minimum absolute atomic E-state index is 0.106. The maximum Gasteiger partial charge on any atom is 0.326 e. The van der Waals surface area contributed by atoms with E-state index >= 15 is 0 Å². The fraction of sp³-hybridized carbons (Fsp3) is 0.353. The van der Waals surface area contributed by atoms with E-state index in [-0.39, 0.29) is 18.3 Å². The Bertz CT molecular complexity index is 803. The Morgan fingerprint density at radius 3 is 2.60 bits per heavy atom. The zero-order chi connectivity index (χ0) is 18.6. The zero-order valence-electron chi connectivity index (χ0n) is 13.8. The largest absolute Gasteiger partial charge is 0.480 e. The molecule has 25 heavy (non-hydrogen) atoms. The van der Waals surface area contributed by atoms with E-state index in [1.165, 1.54) is 23.5 Å². The molecule has 8 heteroatoms. The van der Waals surface area contributed by atoms with E-state index in [4.69, 9.17) is 5.11 Å². The molecule has 1 aromatic heterocycles. The number of halogens is 1. The van der Waals surface area contributed by atoms with E-state index in [2.05, 4.69) is 10.6 Å². The number of nitrogens with one attached hydrogen (secondary N) is 2. The number of fused-ring (bicyclic) bond motifs is 1. The van der Waals surface area contributed by atoms with Crippen LogP contribution in [0.4, 0.5) is 4.39 Å². The van der Waals surface area contributed by atoms with Crippen LogP contribution in [0.25, 0.3) is 10.1 Å². The van der Waals surface area contributed by atoms with Crippen molar-refractivity contribution in [2.45, 2.75) is 26.3 Å².